The average Bonchev–Trinajstić information content (AvgIpc) is 2.25. The number of nitrogens with one attached hydrogen (secondary N) is 2. The third-order valence-electron chi connectivity index (χ3n) is 3.00. The van der Waals surface area contributed by atoms with E-state index in [-0.39, 0.29) is 6.04 Å². The summed E-state index contributed by atoms with van der Waals surface area (Å²) in [6, 6.07) is -0.0536. The van der Waals surface area contributed by atoms with Crippen molar-refractivity contribution in [3.63, 3.8) is 0 Å². The number of hydrogen-bond acceptors (Lipinski definition) is 3. The largest absolute Gasteiger partial charge is 0.317 e. The molecule has 0 aromatic heterocycles. The predicted octanol–water partition coefficient (Wildman–Crippen LogP) is 0.551. The van der Waals surface area contributed by atoms with Gasteiger partial charge >= 0.3 is 0 Å². The van der Waals surface area contributed by atoms with Gasteiger partial charge in [-0.1, -0.05) is 6.92 Å². The Morgan fingerprint density at radius 2 is 1.94 bits per heavy atom. The summed E-state index contributed by atoms with van der Waals surface area (Å²) in [6.07, 6.45) is 2.13. The summed E-state index contributed by atoms with van der Waals surface area (Å²) in [5.74, 6) is 0.486. The summed E-state index contributed by atoms with van der Waals surface area (Å²) >= 11 is 0. The Balaban J connectivity index is 2.57. The minimum Gasteiger partial charge on any atom is -0.317 e. The highest BCUT2D eigenvalue weighted by Gasteiger charge is 2.25. The van der Waals surface area contributed by atoms with Crippen LogP contribution in [0.2, 0.25) is 0 Å². The molecule has 1 saturated heterocycles. The van der Waals surface area contributed by atoms with Gasteiger partial charge in [-0.2, -0.15) is 17.4 Å². The lowest BCUT2D eigenvalue weighted by Crippen LogP contribution is -2.46. The van der Waals surface area contributed by atoms with E-state index in [1.54, 1.807) is 4.31 Å². The second kappa shape index (κ2) is 6.68. The van der Waals surface area contributed by atoms with Crippen LogP contribution in [0, 0.1) is 5.92 Å². The van der Waals surface area contributed by atoms with Crippen LogP contribution in [-0.2, 0) is 10.2 Å². The van der Waals surface area contributed by atoms with Gasteiger partial charge in [-0.25, -0.2) is 0 Å². The van der Waals surface area contributed by atoms with Gasteiger partial charge in [-0.3, -0.25) is 0 Å². The van der Waals surface area contributed by atoms with Crippen molar-refractivity contribution >= 4 is 10.2 Å². The molecule has 1 fully saturated rings. The molecule has 1 rings (SSSR count). The lowest BCUT2D eigenvalue weighted by molar-refractivity contribution is 0.291. The maximum atomic E-state index is 12.0. The smallest absolute Gasteiger partial charge is 0.279 e. The molecule has 0 amide bonds. The molecule has 0 spiro atoms. The van der Waals surface area contributed by atoms with Gasteiger partial charge in [0.1, 0.15) is 0 Å². The highest BCUT2D eigenvalue weighted by atomic mass is 32.2. The SMILES string of the molecule is CCN(CC1CCNCC1)S(=O)(=O)NC(C)C. The van der Waals surface area contributed by atoms with Gasteiger partial charge in [0.05, 0.1) is 0 Å². The van der Waals surface area contributed by atoms with E-state index in [9.17, 15) is 8.42 Å². The summed E-state index contributed by atoms with van der Waals surface area (Å²) < 4.78 is 28.3. The molecule has 0 atom stereocenters. The third-order valence-corrected chi connectivity index (χ3v) is 4.85. The molecule has 0 aromatic carbocycles. The summed E-state index contributed by atoms with van der Waals surface area (Å²) in [6.45, 7) is 8.75. The average molecular weight is 263 g/mol. The molecule has 1 aliphatic heterocycles. The van der Waals surface area contributed by atoms with Crippen LogP contribution >= 0.6 is 0 Å². The fourth-order valence-electron chi connectivity index (χ4n) is 2.12. The number of nitrogens with zero attached hydrogens (tertiary/aromatic N) is 1. The normalized spacial score (nSPS) is 19.1. The first-order chi connectivity index (χ1) is 7.95. The zero-order valence-electron chi connectivity index (χ0n) is 11.1. The van der Waals surface area contributed by atoms with Gasteiger partial charge in [0.2, 0.25) is 0 Å². The van der Waals surface area contributed by atoms with E-state index in [0.29, 0.717) is 19.0 Å². The van der Waals surface area contributed by atoms with Crippen molar-refractivity contribution in [2.45, 2.75) is 39.7 Å². The highest BCUT2D eigenvalue weighted by molar-refractivity contribution is 7.87. The van der Waals surface area contributed by atoms with E-state index in [2.05, 4.69) is 10.0 Å². The van der Waals surface area contributed by atoms with Crippen molar-refractivity contribution in [1.29, 1.82) is 0 Å². The Morgan fingerprint density at radius 3 is 2.41 bits per heavy atom. The lowest BCUT2D eigenvalue weighted by Gasteiger charge is -2.29. The first kappa shape index (κ1) is 14.9. The first-order valence-corrected chi connectivity index (χ1v) is 7.87. The quantitative estimate of drug-likeness (QED) is 0.736. The molecule has 0 saturated carbocycles. The molecule has 0 bridgehead atoms. The van der Waals surface area contributed by atoms with E-state index in [1.165, 1.54) is 0 Å². The van der Waals surface area contributed by atoms with Gasteiger partial charge in [0.15, 0.2) is 0 Å². The van der Waals surface area contributed by atoms with Crippen molar-refractivity contribution < 1.29 is 8.42 Å². The van der Waals surface area contributed by atoms with Crippen LogP contribution in [-0.4, -0.2) is 44.9 Å². The molecule has 17 heavy (non-hydrogen) atoms. The van der Waals surface area contributed by atoms with Crippen molar-refractivity contribution in [3.8, 4) is 0 Å². The lowest BCUT2D eigenvalue weighted by atomic mass is 9.98. The molecule has 5 nitrogen and oxygen atoms in total. The van der Waals surface area contributed by atoms with Crippen molar-refractivity contribution in [2.24, 2.45) is 5.92 Å². The van der Waals surface area contributed by atoms with Crippen LogP contribution in [0.5, 0.6) is 0 Å². The molecule has 6 heteroatoms. The second-order valence-electron chi connectivity index (χ2n) is 4.92. The monoisotopic (exact) mass is 263 g/mol. The van der Waals surface area contributed by atoms with E-state index < -0.39 is 10.2 Å². The minimum atomic E-state index is -3.31. The Labute approximate surface area is 105 Å². The van der Waals surface area contributed by atoms with Crippen LogP contribution in [0.3, 0.4) is 0 Å². The topological polar surface area (TPSA) is 61.4 Å². The standard InChI is InChI=1S/C11H25N3O2S/c1-4-14(17(15,16)13-10(2)3)9-11-5-7-12-8-6-11/h10-13H,4-9H2,1-3H3. The molecule has 0 unspecified atom stereocenters. The zero-order valence-corrected chi connectivity index (χ0v) is 11.9. The predicted molar refractivity (Wildman–Crippen MR) is 70.0 cm³/mol. The fourth-order valence-corrected chi connectivity index (χ4v) is 3.61. The summed E-state index contributed by atoms with van der Waals surface area (Å²) in [5.41, 5.74) is 0. The number of hydrogen-bond donors (Lipinski definition) is 2. The number of rotatable bonds is 6. The van der Waals surface area contributed by atoms with Gasteiger partial charge < -0.3 is 5.32 Å². The maximum Gasteiger partial charge on any atom is 0.279 e. The maximum absolute atomic E-state index is 12.0. The van der Waals surface area contributed by atoms with Gasteiger partial charge in [0, 0.05) is 19.1 Å². The summed E-state index contributed by atoms with van der Waals surface area (Å²) in [4.78, 5) is 0. The molecule has 102 valence electrons. The van der Waals surface area contributed by atoms with Crippen LogP contribution in [0.15, 0.2) is 0 Å². The van der Waals surface area contributed by atoms with Crippen molar-refractivity contribution in [1.82, 2.24) is 14.3 Å². The molecule has 0 aromatic rings. The van der Waals surface area contributed by atoms with Crippen molar-refractivity contribution in [3.05, 3.63) is 0 Å². The molecule has 0 aliphatic carbocycles. The van der Waals surface area contributed by atoms with E-state index >= 15 is 0 Å². The summed E-state index contributed by atoms with van der Waals surface area (Å²) in [5, 5.41) is 3.29. The third kappa shape index (κ3) is 4.91. The molecule has 2 N–H and O–H groups in total. The first-order valence-electron chi connectivity index (χ1n) is 6.43. The van der Waals surface area contributed by atoms with E-state index in [0.717, 1.165) is 25.9 Å². The molecule has 0 radical (unpaired) electrons. The Morgan fingerprint density at radius 1 is 1.35 bits per heavy atom. The highest BCUT2D eigenvalue weighted by Crippen LogP contribution is 2.15. The second-order valence-corrected chi connectivity index (χ2v) is 6.62. The molecular weight excluding hydrogens is 238 g/mol. The molecule has 1 heterocycles. The van der Waals surface area contributed by atoms with E-state index in [1.807, 2.05) is 20.8 Å². The number of piperidine rings is 1. The zero-order chi connectivity index (χ0) is 12.9. The molecule has 1 aliphatic rings. The van der Waals surface area contributed by atoms with Crippen LogP contribution < -0.4 is 10.0 Å². The van der Waals surface area contributed by atoms with Crippen LogP contribution in [0.4, 0.5) is 0 Å². The van der Waals surface area contributed by atoms with Crippen LogP contribution in [0.25, 0.3) is 0 Å². The van der Waals surface area contributed by atoms with Crippen LogP contribution in [0.1, 0.15) is 33.6 Å². The van der Waals surface area contributed by atoms with Crippen molar-refractivity contribution in [2.75, 3.05) is 26.2 Å². The molecular formula is C11H25N3O2S. The summed E-state index contributed by atoms with van der Waals surface area (Å²) in [7, 11) is -3.31. The van der Waals surface area contributed by atoms with Gasteiger partial charge in [-0.15, -0.1) is 0 Å². The Hall–Kier alpha value is -0.170. The Kier molecular flexibility index (Phi) is 5.85. The van der Waals surface area contributed by atoms with Gasteiger partial charge in [-0.05, 0) is 45.7 Å². The minimum absolute atomic E-state index is 0.0536. The van der Waals surface area contributed by atoms with E-state index in [4.69, 9.17) is 0 Å². The Bertz CT molecular complexity index is 311. The van der Waals surface area contributed by atoms with Gasteiger partial charge in [0.25, 0.3) is 10.2 Å². The fraction of sp³-hybridized carbons (Fsp3) is 1.00.